The van der Waals surface area contributed by atoms with Crippen LogP contribution < -0.4 is 5.32 Å². The maximum absolute atomic E-state index is 6.06. The highest BCUT2D eigenvalue weighted by molar-refractivity contribution is 6.31. The molecule has 1 fully saturated rings. The highest BCUT2D eigenvalue weighted by atomic mass is 35.5. The van der Waals surface area contributed by atoms with Gasteiger partial charge >= 0.3 is 0 Å². The third kappa shape index (κ3) is 2.01. The van der Waals surface area contributed by atoms with Crippen molar-refractivity contribution in [2.75, 3.05) is 6.54 Å². The molecule has 0 unspecified atom stereocenters. The minimum Gasteiger partial charge on any atom is -0.309 e. The first-order valence-electron chi connectivity index (χ1n) is 4.72. The molecule has 1 N–H and O–H groups in total. The van der Waals surface area contributed by atoms with Crippen LogP contribution in [-0.4, -0.2) is 11.5 Å². The van der Waals surface area contributed by atoms with E-state index in [1.165, 1.54) is 12.8 Å². The van der Waals surface area contributed by atoms with Gasteiger partial charge in [-0.25, -0.2) is 0 Å². The first-order valence-corrected chi connectivity index (χ1v) is 5.09. The van der Waals surface area contributed by atoms with Gasteiger partial charge in [0.25, 0.3) is 0 Å². The molecule has 1 aliphatic heterocycles. The Hall–Kier alpha value is -0.600. The van der Waals surface area contributed by atoms with Gasteiger partial charge in [0.1, 0.15) is 0 Å². The zero-order valence-corrected chi connectivity index (χ0v) is 8.22. The SMILES string of the molecule is Clc1cccnc1[C@H]1CCCCN1. The van der Waals surface area contributed by atoms with Crippen LogP contribution in [0.1, 0.15) is 31.0 Å². The number of hydrogen-bond donors (Lipinski definition) is 1. The molecule has 0 saturated carbocycles. The van der Waals surface area contributed by atoms with Gasteiger partial charge in [0.05, 0.1) is 16.8 Å². The van der Waals surface area contributed by atoms with Crippen LogP contribution in [-0.2, 0) is 0 Å². The topological polar surface area (TPSA) is 24.9 Å². The lowest BCUT2D eigenvalue weighted by Gasteiger charge is -2.23. The summed E-state index contributed by atoms with van der Waals surface area (Å²) in [6.07, 6.45) is 5.49. The van der Waals surface area contributed by atoms with E-state index in [4.69, 9.17) is 11.6 Å². The maximum Gasteiger partial charge on any atom is 0.0758 e. The first-order chi connectivity index (χ1) is 6.38. The molecule has 13 heavy (non-hydrogen) atoms. The summed E-state index contributed by atoms with van der Waals surface area (Å²) >= 11 is 6.06. The summed E-state index contributed by atoms with van der Waals surface area (Å²) in [4.78, 5) is 4.31. The normalized spacial score (nSPS) is 23.0. The fraction of sp³-hybridized carbons (Fsp3) is 0.500. The van der Waals surface area contributed by atoms with Crippen molar-refractivity contribution >= 4 is 11.6 Å². The van der Waals surface area contributed by atoms with Crippen LogP contribution in [0.4, 0.5) is 0 Å². The minimum absolute atomic E-state index is 0.363. The largest absolute Gasteiger partial charge is 0.309 e. The number of nitrogens with zero attached hydrogens (tertiary/aromatic N) is 1. The van der Waals surface area contributed by atoms with Crippen molar-refractivity contribution in [1.82, 2.24) is 10.3 Å². The molecular formula is C10H13ClN2. The van der Waals surface area contributed by atoms with Crippen molar-refractivity contribution in [2.24, 2.45) is 0 Å². The maximum atomic E-state index is 6.06. The predicted octanol–water partition coefficient (Wildman–Crippen LogP) is 2.55. The molecule has 0 radical (unpaired) electrons. The molecule has 1 aromatic heterocycles. The second kappa shape index (κ2) is 4.07. The standard InChI is InChI=1S/C10H13ClN2/c11-8-4-3-7-13-10(8)9-5-1-2-6-12-9/h3-4,7,9,12H,1-2,5-6H2/t9-/m1/s1. The number of pyridine rings is 1. The number of aromatic nitrogens is 1. The van der Waals surface area contributed by atoms with E-state index in [1.54, 1.807) is 6.20 Å². The van der Waals surface area contributed by atoms with Gasteiger partial charge in [0.2, 0.25) is 0 Å². The van der Waals surface area contributed by atoms with E-state index < -0.39 is 0 Å². The van der Waals surface area contributed by atoms with Gasteiger partial charge in [-0.1, -0.05) is 18.0 Å². The average molecular weight is 197 g/mol. The summed E-state index contributed by atoms with van der Waals surface area (Å²) in [6.45, 7) is 1.08. The third-order valence-corrected chi connectivity index (χ3v) is 2.75. The van der Waals surface area contributed by atoms with E-state index in [9.17, 15) is 0 Å². The molecule has 2 heterocycles. The van der Waals surface area contributed by atoms with E-state index in [1.807, 2.05) is 12.1 Å². The predicted molar refractivity (Wildman–Crippen MR) is 53.8 cm³/mol. The van der Waals surface area contributed by atoms with Crippen LogP contribution in [0.15, 0.2) is 18.3 Å². The Balaban J connectivity index is 2.18. The summed E-state index contributed by atoms with van der Waals surface area (Å²) in [6, 6.07) is 4.14. The fourth-order valence-electron chi connectivity index (χ4n) is 1.74. The van der Waals surface area contributed by atoms with Crippen molar-refractivity contribution in [1.29, 1.82) is 0 Å². The molecule has 1 saturated heterocycles. The Kier molecular flexibility index (Phi) is 2.81. The number of nitrogens with one attached hydrogen (secondary N) is 1. The lowest BCUT2D eigenvalue weighted by atomic mass is 10.0. The second-order valence-electron chi connectivity index (χ2n) is 3.37. The molecule has 1 atom stereocenters. The van der Waals surface area contributed by atoms with Crippen LogP contribution in [0.25, 0.3) is 0 Å². The first kappa shape index (κ1) is 8.97. The van der Waals surface area contributed by atoms with Gasteiger partial charge in [0.15, 0.2) is 0 Å². The van der Waals surface area contributed by atoms with E-state index >= 15 is 0 Å². The quantitative estimate of drug-likeness (QED) is 0.747. The minimum atomic E-state index is 0.363. The number of piperidine rings is 1. The lowest BCUT2D eigenvalue weighted by Crippen LogP contribution is -2.27. The summed E-state index contributed by atoms with van der Waals surface area (Å²) in [5, 5.41) is 4.21. The van der Waals surface area contributed by atoms with Gasteiger partial charge in [-0.3, -0.25) is 4.98 Å². The molecule has 0 amide bonds. The molecule has 0 spiro atoms. The van der Waals surface area contributed by atoms with Crippen LogP contribution in [0, 0.1) is 0 Å². The van der Waals surface area contributed by atoms with Gasteiger partial charge in [-0.2, -0.15) is 0 Å². The van der Waals surface area contributed by atoms with Gasteiger partial charge in [-0.05, 0) is 31.5 Å². The summed E-state index contributed by atoms with van der Waals surface area (Å²) in [7, 11) is 0. The van der Waals surface area contributed by atoms with Gasteiger partial charge < -0.3 is 5.32 Å². The van der Waals surface area contributed by atoms with Crippen molar-refractivity contribution in [2.45, 2.75) is 25.3 Å². The van der Waals surface area contributed by atoms with Crippen LogP contribution in [0.2, 0.25) is 5.02 Å². The molecule has 2 nitrogen and oxygen atoms in total. The Bertz CT molecular complexity index is 282. The van der Waals surface area contributed by atoms with E-state index in [-0.39, 0.29) is 0 Å². The smallest absolute Gasteiger partial charge is 0.0758 e. The average Bonchev–Trinajstić information content (AvgIpc) is 2.20. The van der Waals surface area contributed by atoms with E-state index in [2.05, 4.69) is 10.3 Å². The number of rotatable bonds is 1. The molecule has 2 rings (SSSR count). The second-order valence-corrected chi connectivity index (χ2v) is 3.78. The molecule has 1 aromatic rings. The van der Waals surface area contributed by atoms with E-state index in [0.29, 0.717) is 6.04 Å². The van der Waals surface area contributed by atoms with Gasteiger partial charge in [0, 0.05) is 6.20 Å². The van der Waals surface area contributed by atoms with E-state index in [0.717, 1.165) is 23.7 Å². The lowest BCUT2D eigenvalue weighted by molar-refractivity contribution is 0.405. The molecule has 70 valence electrons. The molecule has 0 aromatic carbocycles. The Morgan fingerprint density at radius 1 is 1.46 bits per heavy atom. The van der Waals surface area contributed by atoms with Crippen molar-refractivity contribution in [3.8, 4) is 0 Å². The van der Waals surface area contributed by atoms with Crippen molar-refractivity contribution < 1.29 is 0 Å². The fourth-order valence-corrected chi connectivity index (χ4v) is 1.99. The molecule has 0 aliphatic carbocycles. The summed E-state index contributed by atoms with van der Waals surface area (Å²) < 4.78 is 0. The zero-order valence-electron chi connectivity index (χ0n) is 7.46. The molecule has 0 bridgehead atoms. The van der Waals surface area contributed by atoms with Crippen LogP contribution in [0.3, 0.4) is 0 Å². The summed E-state index contributed by atoms with van der Waals surface area (Å²) in [5.41, 5.74) is 1.00. The molecular weight excluding hydrogens is 184 g/mol. The van der Waals surface area contributed by atoms with Crippen LogP contribution >= 0.6 is 11.6 Å². The summed E-state index contributed by atoms with van der Waals surface area (Å²) in [5.74, 6) is 0. The Morgan fingerprint density at radius 3 is 3.08 bits per heavy atom. The molecule has 1 aliphatic rings. The van der Waals surface area contributed by atoms with Crippen molar-refractivity contribution in [3.05, 3.63) is 29.0 Å². The highest BCUT2D eigenvalue weighted by Crippen LogP contribution is 2.26. The Labute approximate surface area is 83.3 Å². The monoisotopic (exact) mass is 196 g/mol. The zero-order chi connectivity index (χ0) is 9.10. The number of hydrogen-bond acceptors (Lipinski definition) is 2. The number of halogens is 1. The van der Waals surface area contributed by atoms with Crippen molar-refractivity contribution in [3.63, 3.8) is 0 Å². The van der Waals surface area contributed by atoms with Gasteiger partial charge in [-0.15, -0.1) is 0 Å². The highest BCUT2D eigenvalue weighted by Gasteiger charge is 2.17. The Morgan fingerprint density at radius 2 is 2.38 bits per heavy atom. The van der Waals surface area contributed by atoms with Crippen LogP contribution in [0.5, 0.6) is 0 Å². The molecule has 3 heteroatoms. The third-order valence-electron chi connectivity index (χ3n) is 2.43.